The van der Waals surface area contributed by atoms with E-state index in [0.29, 0.717) is 11.3 Å². The lowest BCUT2D eigenvalue weighted by Crippen LogP contribution is -2.46. The Labute approximate surface area is 177 Å². The predicted molar refractivity (Wildman–Crippen MR) is 113 cm³/mol. The summed E-state index contributed by atoms with van der Waals surface area (Å²) in [7, 11) is 0. The molecule has 3 aromatic rings. The van der Waals surface area contributed by atoms with E-state index in [0.717, 1.165) is 10.5 Å². The highest BCUT2D eigenvalue weighted by Crippen LogP contribution is 2.31. The predicted octanol–water partition coefficient (Wildman–Crippen LogP) is 3.55. The minimum Gasteiger partial charge on any atom is -0.322 e. The first-order chi connectivity index (χ1) is 15.0. The van der Waals surface area contributed by atoms with E-state index in [9.17, 15) is 18.8 Å². The molecule has 0 aromatic heterocycles. The van der Waals surface area contributed by atoms with Crippen LogP contribution in [-0.2, 0) is 4.79 Å². The van der Waals surface area contributed by atoms with Crippen molar-refractivity contribution < 1.29 is 18.8 Å². The van der Waals surface area contributed by atoms with Crippen molar-refractivity contribution in [2.45, 2.75) is 13.1 Å². The second-order valence-electron chi connectivity index (χ2n) is 7.34. The number of benzene rings is 3. The fourth-order valence-electron chi connectivity index (χ4n) is 3.94. The Morgan fingerprint density at radius 2 is 1.39 bits per heavy atom. The van der Waals surface area contributed by atoms with Gasteiger partial charge in [0.25, 0.3) is 17.7 Å². The van der Waals surface area contributed by atoms with E-state index in [1.165, 1.54) is 18.2 Å². The van der Waals surface area contributed by atoms with Crippen LogP contribution in [0, 0.1) is 12.7 Å². The van der Waals surface area contributed by atoms with Crippen molar-refractivity contribution in [3.63, 3.8) is 0 Å². The summed E-state index contributed by atoms with van der Waals surface area (Å²) in [6, 6.07) is 17.7. The maximum atomic E-state index is 14.7. The van der Waals surface area contributed by atoms with Crippen LogP contribution >= 0.6 is 0 Å². The average Bonchev–Trinajstić information content (AvgIpc) is 2.92. The molecular formula is C24H16FN3O3. The molecule has 7 heteroatoms. The molecule has 0 aliphatic carbocycles. The van der Waals surface area contributed by atoms with Crippen molar-refractivity contribution in [2.75, 3.05) is 5.32 Å². The van der Waals surface area contributed by atoms with Crippen LogP contribution in [0.3, 0.4) is 0 Å². The smallest absolute Gasteiger partial charge is 0.270 e. The molecule has 2 aliphatic rings. The minimum absolute atomic E-state index is 0.174. The summed E-state index contributed by atoms with van der Waals surface area (Å²) >= 11 is 0. The highest BCUT2D eigenvalue weighted by molar-refractivity contribution is 6.25. The number of carbonyl (C=O) groups excluding carboxylic acids is 3. The Bertz CT molecular complexity index is 1280. The second-order valence-corrected chi connectivity index (χ2v) is 7.34. The normalized spacial score (nSPS) is 17.6. The van der Waals surface area contributed by atoms with Crippen LogP contribution in [0.2, 0.25) is 0 Å². The first-order valence-electron chi connectivity index (χ1n) is 9.68. The van der Waals surface area contributed by atoms with Gasteiger partial charge in [0, 0.05) is 11.1 Å². The third kappa shape index (κ3) is 2.85. The third-order valence-electron chi connectivity index (χ3n) is 5.46. The van der Waals surface area contributed by atoms with Gasteiger partial charge in [0.2, 0.25) is 6.17 Å². The summed E-state index contributed by atoms with van der Waals surface area (Å²) in [5, 5.41) is 2.78. The molecular weight excluding hydrogens is 397 g/mol. The lowest BCUT2D eigenvalue weighted by molar-refractivity contribution is -0.119. The van der Waals surface area contributed by atoms with Gasteiger partial charge in [-0.25, -0.2) is 14.3 Å². The molecule has 0 spiro atoms. The summed E-state index contributed by atoms with van der Waals surface area (Å²) in [4.78, 5) is 44.5. The fourth-order valence-corrected chi connectivity index (χ4v) is 3.94. The van der Waals surface area contributed by atoms with Crippen molar-refractivity contribution in [1.82, 2.24) is 4.90 Å². The van der Waals surface area contributed by atoms with Crippen molar-refractivity contribution in [3.05, 3.63) is 100 Å². The molecule has 2 aliphatic heterocycles. The molecule has 0 saturated carbocycles. The van der Waals surface area contributed by atoms with Gasteiger partial charge in [-0.3, -0.25) is 14.4 Å². The Morgan fingerprint density at radius 1 is 0.806 bits per heavy atom. The maximum Gasteiger partial charge on any atom is 0.270 e. The van der Waals surface area contributed by atoms with Gasteiger partial charge in [-0.15, -0.1) is 0 Å². The van der Waals surface area contributed by atoms with Crippen LogP contribution < -0.4 is 5.32 Å². The SMILES string of the molecule is Cc1cccc2c1NC(=O)C(N1C(=O)c3ccccc3C1=O)N=C2c1ccccc1F. The molecule has 0 fully saturated rings. The van der Waals surface area contributed by atoms with E-state index >= 15 is 0 Å². The molecule has 0 saturated heterocycles. The van der Waals surface area contributed by atoms with Gasteiger partial charge in [-0.2, -0.15) is 0 Å². The summed E-state index contributed by atoms with van der Waals surface area (Å²) in [6.07, 6.45) is -1.48. The first kappa shape index (κ1) is 18.9. The number of aliphatic imine (C=N–C) groups is 1. The zero-order valence-corrected chi connectivity index (χ0v) is 16.4. The number of anilines is 1. The van der Waals surface area contributed by atoms with Gasteiger partial charge in [0.05, 0.1) is 22.5 Å². The van der Waals surface area contributed by atoms with Crippen molar-refractivity contribution in [3.8, 4) is 0 Å². The molecule has 152 valence electrons. The Hall–Kier alpha value is -4.13. The maximum absolute atomic E-state index is 14.7. The Morgan fingerprint density at radius 3 is 2.03 bits per heavy atom. The second kappa shape index (κ2) is 6.98. The monoisotopic (exact) mass is 413 g/mol. The van der Waals surface area contributed by atoms with Gasteiger partial charge < -0.3 is 5.32 Å². The van der Waals surface area contributed by atoms with Crippen LogP contribution in [0.4, 0.5) is 10.1 Å². The number of aryl methyl sites for hydroxylation is 1. The molecule has 0 bridgehead atoms. The standard InChI is InChI=1S/C24H16FN3O3/c1-13-7-6-11-17-19(13)27-22(29)21(26-20(17)16-10-4-5-12-18(16)25)28-23(30)14-8-2-3-9-15(14)24(28)31/h2-12,21H,1H3,(H,27,29). The number of halogens is 1. The molecule has 3 amide bonds. The first-order valence-corrected chi connectivity index (χ1v) is 9.68. The van der Waals surface area contributed by atoms with Gasteiger partial charge >= 0.3 is 0 Å². The largest absolute Gasteiger partial charge is 0.322 e. The number of benzodiazepines with no additional fused rings is 1. The molecule has 2 heterocycles. The topological polar surface area (TPSA) is 78.8 Å². The minimum atomic E-state index is -1.48. The number of rotatable bonds is 2. The number of imide groups is 1. The molecule has 6 nitrogen and oxygen atoms in total. The number of nitrogens with one attached hydrogen (secondary N) is 1. The van der Waals surface area contributed by atoms with E-state index in [1.807, 2.05) is 0 Å². The number of hydrogen-bond acceptors (Lipinski definition) is 4. The lowest BCUT2D eigenvalue weighted by atomic mass is 9.98. The van der Waals surface area contributed by atoms with E-state index in [-0.39, 0.29) is 22.4 Å². The zero-order valence-electron chi connectivity index (χ0n) is 16.4. The van der Waals surface area contributed by atoms with Crippen LogP contribution in [0.15, 0.2) is 71.7 Å². The molecule has 0 radical (unpaired) electrons. The quantitative estimate of drug-likeness (QED) is 0.653. The van der Waals surface area contributed by atoms with Crippen molar-refractivity contribution in [2.24, 2.45) is 4.99 Å². The van der Waals surface area contributed by atoms with E-state index in [4.69, 9.17) is 0 Å². The highest BCUT2D eigenvalue weighted by Gasteiger charge is 2.44. The molecule has 1 atom stereocenters. The summed E-state index contributed by atoms with van der Waals surface area (Å²) in [5.74, 6) is -2.39. The number of carbonyl (C=O) groups is 3. The van der Waals surface area contributed by atoms with Crippen LogP contribution in [0.25, 0.3) is 0 Å². The van der Waals surface area contributed by atoms with Gasteiger partial charge in [0.15, 0.2) is 0 Å². The summed E-state index contributed by atoms with van der Waals surface area (Å²) < 4.78 is 14.7. The average molecular weight is 413 g/mol. The third-order valence-corrected chi connectivity index (χ3v) is 5.46. The number of hydrogen-bond donors (Lipinski definition) is 1. The van der Waals surface area contributed by atoms with Gasteiger partial charge in [0.1, 0.15) is 5.82 Å². The van der Waals surface area contributed by atoms with Crippen molar-refractivity contribution in [1.29, 1.82) is 0 Å². The summed E-state index contributed by atoms with van der Waals surface area (Å²) in [5.41, 5.74) is 2.51. The number of para-hydroxylation sites is 1. The zero-order chi connectivity index (χ0) is 21.7. The van der Waals surface area contributed by atoms with Gasteiger partial charge in [-0.1, -0.05) is 42.5 Å². The van der Waals surface area contributed by atoms with E-state index < -0.39 is 29.7 Å². The molecule has 1 unspecified atom stereocenters. The number of nitrogens with zero attached hydrogens (tertiary/aromatic N) is 2. The summed E-state index contributed by atoms with van der Waals surface area (Å²) in [6.45, 7) is 1.81. The molecule has 1 N–H and O–H groups in total. The van der Waals surface area contributed by atoms with Crippen LogP contribution in [-0.4, -0.2) is 34.5 Å². The fraction of sp³-hybridized carbons (Fsp3) is 0.0833. The van der Waals surface area contributed by atoms with Gasteiger partial charge in [-0.05, 0) is 36.8 Å². The molecule has 3 aromatic carbocycles. The van der Waals surface area contributed by atoms with Crippen LogP contribution in [0.1, 0.15) is 37.4 Å². The number of fused-ring (bicyclic) bond motifs is 2. The van der Waals surface area contributed by atoms with Crippen molar-refractivity contribution >= 4 is 29.1 Å². The number of amides is 3. The Kier molecular flexibility index (Phi) is 4.25. The van der Waals surface area contributed by atoms with E-state index in [1.54, 1.807) is 55.5 Å². The van der Waals surface area contributed by atoms with E-state index in [2.05, 4.69) is 10.3 Å². The highest BCUT2D eigenvalue weighted by atomic mass is 19.1. The van der Waals surface area contributed by atoms with Crippen LogP contribution in [0.5, 0.6) is 0 Å². The Balaban J connectivity index is 1.72. The molecule has 31 heavy (non-hydrogen) atoms. The lowest BCUT2D eigenvalue weighted by Gasteiger charge is -2.21. The molecule has 5 rings (SSSR count).